The second-order valence-electron chi connectivity index (χ2n) is 10.2. The molecule has 1 aromatic heterocycles. The number of H-pyrrole nitrogens is 1. The maximum Gasteiger partial charge on any atom is 0.195 e. The van der Waals surface area contributed by atoms with Crippen LogP contribution in [-0.4, -0.2) is 68.3 Å². The molecule has 35 heavy (non-hydrogen) atoms. The molecule has 0 amide bonds. The highest BCUT2D eigenvalue weighted by atomic mass is 16.5. The summed E-state index contributed by atoms with van der Waals surface area (Å²) < 4.78 is 11.2. The number of carbonyl (C=O) groups excluding carboxylic acids is 1. The molecule has 2 aromatic carbocycles. The number of aromatic amines is 1. The predicted octanol–water partition coefficient (Wildman–Crippen LogP) is 3.58. The van der Waals surface area contributed by atoms with Crippen LogP contribution in [0.25, 0.3) is 10.9 Å². The van der Waals surface area contributed by atoms with Crippen LogP contribution in [0.3, 0.4) is 0 Å². The van der Waals surface area contributed by atoms with Crippen LogP contribution in [0.1, 0.15) is 52.2 Å². The predicted molar refractivity (Wildman–Crippen MR) is 134 cm³/mol. The van der Waals surface area contributed by atoms with Gasteiger partial charge in [-0.25, -0.2) is 0 Å². The number of aromatic nitrogens is 1. The molecule has 7 heteroatoms. The van der Waals surface area contributed by atoms with E-state index in [1.165, 1.54) is 11.3 Å². The van der Waals surface area contributed by atoms with Crippen LogP contribution in [-0.2, 0) is 21.4 Å². The van der Waals surface area contributed by atoms with Gasteiger partial charge in [0.25, 0.3) is 0 Å². The van der Waals surface area contributed by atoms with Gasteiger partial charge in [-0.05, 0) is 35.4 Å². The molecule has 180 valence electrons. The van der Waals surface area contributed by atoms with Gasteiger partial charge in [-0.3, -0.25) is 9.69 Å². The fourth-order valence-electron chi connectivity index (χ4n) is 5.80. The summed E-state index contributed by atoms with van der Waals surface area (Å²) >= 11 is 0. The molecule has 3 heterocycles. The number of morpholine rings is 2. The van der Waals surface area contributed by atoms with Gasteiger partial charge in [0.05, 0.1) is 43.6 Å². The van der Waals surface area contributed by atoms with Crippen LogP contribution >= 0.6 is 0 Å². The van der Waals surface area contributed by atoms with Crippen molar-refractivity contribution < 1.29 is 14.3 Å². The number of ether oxygens (including phenoxy) is 2. The minimum absolute atomic E-state index is 0.0574. The third-order valence-corrected chi connectivity index (χ3v) is 7.77. The van der Waals surface area contributed by atoms with E-state index in [1.807, 2.05) is 12.1 Å². The Hall–Kier alpha value is -3.18. The van der Waals surface area contributed by atoms with E-state index in [9.17, 15) is 10.1 Å². The lowest BCUT2D eigenvalue weighted by atomic mass is 9.70. The van der Waals surface area contributed by atoms with Gasteiger partial charge in [0.15, 0.2) is 5.78 Å². The Morgan fingerprint density at radius 2 is 1.74 bits per heavy atom. The summed E-state index contributed by atoms with van der Waals surface area (Å²) in [5, 5.41) is 10.2. The van der Waals surface area contributed by atoms with Gasteiger partial charge < -0.3 is 19.4 Å². The molecule has 6 rings (SSSR count). The molecule has 0 bridgehead atoms. The van der Waals surface area contributed by atoms with E-state index in [0.717, 1.165) is 79.2 Å². The first-order valence-electron chi connectivity index (χ1n) is 12.4. The molecule has 0 spiro atoms. The first kappa shape index (κ1) is 22.3. The van der Waals surface area contributed by atoms with Crippen molar-refractivity contribution in [2.75, 3.05) is 57.5 Å². The number of nitriles is 1. The van der Waals surface area contributed by atoms with E-state index < -0.39 is 0 Å². The number of hydrogen-bond donors (Lipinski definition) is 1. The summed E-state index contributed by atoms with van der Waals surface area (Å²) in [5.74, 6) is 0.0574. The number of carbonyl (C=O) groups is 1. The van der Waals surface area contributed by atoms with Crippen molar-refractivity contribution in [3.8, 4) is 6.07 Å². The summed E-state index contributed by atoms with van der Waals surface area (Å²) in [6.45, 7) is 11.6. The van der Waals surface area contributed by atoms with Crippen LogP contribution in [0.4, 0.5) is 5.69 Å². The van der Waals surface area contributed by atoms with E-state index in [2.05, 4.69) is 46.8 Å². The molecule has 2 aliphatic heterocycles. The molecule has 2 fully saturated rings. The molecule has 0 saturated carbocycles. The molecule has 1 aliphatic carbocycles. The summed E-state index contributed by atoms with van der Waals surface area (Å²) in [6, 6.07) is 12.1. The van der Waals surface area contributed by atoms with Gasteiger partial charge in [-0.1, -0.05) is 19.9 Å². The highest BCUT2D eigenvalue weighted by molar-refractivity contribution is 6.20. The summed E-state index contributed by atoms with van der Waals surface area (Å²) in [5.41, 5.74) is 6.92. The number of benzene rings is 2. The first-order valence-corrected chi connectivity index (χ1v) is 12.4. The number of nitrogens with one attached hydrogen (secondary N) is 1. The standard InChI is InChI=1S/C28H30N4O3/c1-28(2)22-15-24(32-7-11-35-12-8-32)19(17-31-5-9-34-10-6-31)14-21(22)26(33)25-20-4-3-18(16-29)13-23(20)30-27(25)28/h3-4,13-15,30H,5-12,17H2,1-2H3. The SMILES string of the molecule is CC1(C)c2cc(N3CCOCC3)c(CN3CCOCC3)cc2C(=O)c2c1[nH]c1cc(C#N)ccc21. The smallest absolute Gasteiger partial charge is 0.195 e. The molecule has 3 aromatic rings. The lowest BCUT2D eigenvalue weighted by Gasteiger charge is -2.37. The van der Waals surface area contributed by atoms with Gasteiger partial charge in [0.2, 0.25) is 0 Å². The minimum atomic E-state index is -0.386. The Balaban J connectivity index is 1.51. The van der Waals surface area contributed by atoms with E-state index in [0.29, 0.717) is 18.8 Å². The zero-order valence-corrected chi connectivity index (χ0v) is 20.3. The van der Waals surface area contributed by atoms with Crippen molar-refractivity contribution in [1.29, 1.82) is 5.26 Å². The molecule has 2 saturated heterocycles. The van der Waals surface area contributed by atoms with Crippen molar-refractivity contribution in [2.24, 2.45) is 0 Å². The summed E-state index contributed by atoms with van der Waals surface area (Å²) in [4.78, 5) is 22.3. The van der Waals surface area contributed by atoms with E-state index in [-0.39, 0.29) is 11.2 Å². The Kier molecular flexibility index (Phi) is 5.41. The molecule has 0 unspecified atom stereocenters. The molecule has 0 atom stereocenters. The van der Waals surface area contributed by atoms with Gasteiger partial charge in [0, 0.05) is 66.0 Å². The largest absolute Gasteiger partial charge is 0.379 e. The third-order valence-electron chi connectivity index (χ3n) is 7.77. The van der Waals surface area contributed by atoms with Crippen LogP contribution in [0, 0.1) is 11.3 Å². The second-order valence-corrected chi connectivity index (χ2v) is 10.2. The highest BCUT2D eigenvalue weighted by Gasteiger charge is 2.40. The second kappa shape index (κ2) is 8.49. The Bertz CT molecular complexity index is 1350. The fraction of sp³-hybridized carbons (Fsp3) is 0.429. The van der Waals surface area contributed by atoms with Gasteiger partial charge in [0.1, 0.15) is 0 Å². The van der Waals surface area contributed by atoms with Crippen molar-refractivity contribution in [1.82, 2.24) is 9.88 Å². The van der Waals surface area contributed by atoms with Gasteiger partial charge in [-0.2, -0.15) is 5.26 Å². The highest BCUT2D eigenvalue weighted by Crippen LogP contribution is 2.46. The number of anilines is 1. The average Bonchev–Trinajstić information content (AvgIpc) is 3.28. The Morgan fingerprint density at radius 1 is 1.03 bits per heavy atom. The van der Waals surface area contributed by atoms with E-state index in [1.54, 1.807) is 6.07 Å². The number of hydrogen-bond acceptors (Lipinski definition) is 6. The number of nitrogens with zero attached hydrogens (tertiary/aromatic N) is 3. The summed E-state index contributed by atoms with van der Waals surface area (Å²) in [6.07, 6.45) is 0. The minimum Gasteiger partial charge on any atom is -0.379 e. The van der Waals surface area contributed by atoms with E-state index in [4.69, 9.17) is 9.47 Å². The Labute approximate surface area is 205 Å². The van der Waals surface area contributed by atoms with Crippen molar-refractivity contribution in [3.05, 3.63) is 63.8 Å². The summed E-state index contributed by atoms with van der Waals surface area (Å²) in [7, 11) is 0. The normalized spacial score (nSPS) is 19.9. The number of fused-ring (bicyclic) bond motifs is 4. The lowest BCUT2D eigenvalue weighted by molar-refractivity contribution is 0.0342. The zero-order valence-electron chi connectivity index (χ0n) is 20.3. The van der Waals surface area contributed by atoms with Gasteiger partial charge in [-0.15, -0.1) is 0 Å². The van der Waals surface area contributed by atoms with Crippen LogP contribution in [0.2, 0.25) is 0 Å². The third kappa shape index (κ3) is 3.64. The Morgan fingerprint density at radius 3 is 2.46 bits per heavy atom. The maximum absolute atomic E-state index is 14.0. The zero-order chi connectivity index (χ0) is 24.2. The van der Waals surface area contributed by atoms with Crippen LogP contribution in [0.5, 0.6) is 0 Å². The van der Waals surface area contributed by atoms with Crippen LogP contribution < -0.4 is 4.90 Å². The van der Waals surface area contributed by atoms with Crippen molar-refractivity contribution in [2.45, 2.75) is 25.8 Å². The molecule has 0 radical (unpaired) electrons. The van der Waals surface area contributed by atoms with Crippen molar-refractivity contribution >= 4 is 22.4 Å². The van der Waals surface area contributed by atoms with Gasteiger partial charge >= 0.3 is 0 Å². The van der Waals surface area contributed by atoms with Crippen LogP contribution in [0.15, 0.2) is 30.3 Å². The lowest BCUT2D eigenvalue weighted by Crippen LogP contribution is -2.40. The fourth-order valence-corrected chi connectivity index (χ4v) is 5.80. The molecule has 7 nitrogen and oxygen atoms in total. The topological polar surface area (TPSA) is 81.6 Å². The molecule has 1 N–H and O–H groups in total. The monoisotopic (exact) mass is 470 g/mol. The van der Waals surface area contributed by atoms with Crippen molar-refractivity contribution in [3.63, 3.8) is 0 Å². The molecule has 3 aliphatic rings. The number of rotatable bonds is 3. The number of ketones is 1. The first-order chi connectivity index (χ1) is 17.0. The quantitative estimate of drug-likeness (QED) is 0.630. The molecular formula is C28H30N4O3. The van der Waals surface area contributed by atoms with E-state index >= 15 is 0 Å². The maximum atomic E-state index is 14.0. The average molecular weight is 471 g/mol. The molecular weight excluding hydrogens is 440 g/mol.